The van der Waals surface area contributed by atoms with Gasteiger partial charge < -0.3 is 10.6 Å². The Morgan fingerprint density at radius 3 is 2.60 bits per heavy atom. The van der Waals surface area contributed by atoms with Crippen LogP contribution in [0.2, 0.25) is 0 Å². The maximum atomic E-state index is 12.2. The molecule has 1 saturated carbocycles. The third-order valence-corrected chi connectivity index (χ3v) is 4.80. The molecule has 3 N–H and O–H groups in total. The average Bonchev–Trinajstić information content (AvgIpc) is 2.95. The molecule has 6 nitrogen and oxygen atoms in total. The number of carbonyl (C=O) groups excluding carboxylic acids is 2. The minimum atomic E-state index is -0.652. The number of rotatable bonds is 5. The normalized spacial score (nSPS) is 20.8. The summed E-state index contributed by atoms with van der Waals surface area (Å²) in [7, 11) is 0. The van der Waals surface area contributed by atoms with Gasteiger partial charge in [-0.3, -0.25) is 14.9 Å². The Kier molecular flexibility index (Phi) is 5.68. The summed E-state index contributed by atoms with van der Waals surface area (Å²) in [5, 5.41) is 8.84. The van der Waals surface area contributed by atoms with E-state index >= 15 is 0 Å². The predicted octanol–water partition coefficient (Wildman–Crippen LogP) is 2.35. The number of hydrogen-bond donors (Lipinski definition) is 3. The van der Waals surface area contributed by atoms with Crippen LogP contribution in [-0.4, -0.2) is 29.9 Å². The zero-order valence-electron chi connectivity index (χ0n) is 14.7. The maximum Gasteiger partial charge on any atom is 0.252 e. The predicted molar refractivity (Wildman–Crippen MR) is 98.4 cm³/mol. The molecule has 134 valence electrons. The molecule has 1 heterocycles. The van der Waals surface area contributed by atoms with Crippen molar-refractivity contribution in [2.24, 2.45) is 4.99 Å². The summed E-state index contributed by atoms with van der Waals surface area (Å²) in [6.45, 7) is 2.10. The summed E-state index contributed by atoms with van der Waals surface area (Å²) in [6, 6.07) is 7.59. The Morgan fingerprint density at radius 2 is 1.92 bits per heavy atom. The Morgan fingerprint density at radius 1 is 1.20 bits per heavy atom. The first-order valence-electron chi connectivity index (χ1n) is 9.18. The van der Waals surface area contributed by atoms with Crippen LogP contribution in [-0.2, 0) is 16.0 Å². The number of guanidine groups is 1. The quantitative estimate of drug-likeness (QED) is 0.768. The van der Waals surface area contributed by atoms with E-state index in [1.54, 1.807) is 0 Å². The molecule has 1 aromatic carbocycles. The zero-order chi connectivity index (χ0) is 17.6. The molecule has 0 saturated heterocycles. The first-order valence-corrected chi connectivity index (χ1v) is 9.18. The van der Waals surface area contributed by atoms with Gasteiger partial charge in [-0.1, -0.05) is 38.3 Å². The lowest BCUT2D eigenvalue weighted by Crippen LogP contribution is -2.39. The van der Waals surface area contributed by atoms with Gasteiger partial charge in [-0.2, -0.15) is 0 Å². The third kappa shape index (κ3) is 4.81. The number of nitrogens with zero attached hydrogens (tertiary/aromatic N) is 1. The molecular formula is C19H26N4O2. The van der Waals surface area contributed by atoms with E-state index in [9.17, 15) is 9.59 Å². The second kappa shape index (κ2) is 8.14. The monoisotopic (exact) mass is 342 g/mol. The first-order chi connectivity index (χ1) is 12.1. The fourth-order valence-electron chi connectivity index (χ4n) is 3.32. The molecule has 1 aliphatic heterocycles. The van der Waals surface area contributed by atoms with Crippen molar-refractivity contribution in [3.8, 4) is 0 Å². The Labute approximate surface area is 148 Å². The summed E-state index contributed by atoms with van der Waals surface area (Å²) < 4.78 is 0. The molecule has 1 aromatic rings. The van der Waals surface area contributed by atoms with E-state index in [4.69, 9.17) is 0 Å². The van der Waals surface area contributed by atoms with Crippen molar-refractivity contribution in [3.63, 3.8) is 0 Å². The van der Waals surface area contributed by atoms with Crippen LogP contribution in [0.5, 0.6) is 0 Å². The summed E-state index contributed by atoms with van der Waals surface area (Å²) in [5.41, 5.74) is 2.11. The molecule has 0 radical (unpaired) electrons. The highest BCUT2D eigenvalue weighted by Crippen LogP contribution is 2.18. The van der Waals surface area contributed by atoms with E-state index in [1.807, 2.05) is 24.3 Å². The van der Waals surface area contributed by atoms with Crippen LogP contribution in [0.3, 0.4) is 0 Å². The highest BCUT2D eigenvalue weighted by atomic mass is 16.2. The van der Waals surface area contributed by atoms with Crippen molar-refractivity contribution >= 4 is 23.5 Å². The van der Waals surface area contributed by atoms with Gasteiger partial charge in [-0.05, 0) is 37.0 Å². The minimum absolute atomic E-state index is 0.0932. The van der Waals surface area contributed by atoms with Gasteiger partial charge in [0.2, 0.25) is 11.9 Å². The largest absolute Gasteiger partial charge is 0.353 e. The number of benzene rings is 1. The van der Waals surface area contributed by atoms with Crippen LogP contribution in [0.1, 0.15) is 51.0 Å². The van der Waals surface area contributed by atoms with Gasteiger partial charge in [-0.25, -0.2) is 4.99 Å². The second-order valence-corrected chi connectivity index (χ2v) is 6.76. The summed E-state index contributed by atoms with van der Waals surface area (Å²) in [4.78, 5) is 28.5. The van der Waals surface area contributed by atoms with E-state index in [1.165, 1.54) is 12.0 Å². The van der Waals surface area contributed by atoms with Gasteiger partial charge in [0.05, 0.1) is 6.42 Å². The number of nitrogens with one attached hydrogen (secondary N) is 3. The molecule has 1 fully saturated rings. The lowest BCUT2D eigenvalue weighted by atomic mass is 9.95. The van der Waals surface area contributed by atoms with Crippen LogP contribution < -0.4 is 16.0 Å². The molecule has 6 heteroatoms. The number of carbonyl (C=O) groups is 2. The topological polar surface area (TPSA) is 82.6 Å². The molecule has 25 heavy (non-hydrogen) atoms. The standard InChI is InChI=1S/C19H26N4O2/c1-2-13-8-10-15(11-9-13)21-19-22-16(18(25)23-19)12-17(24)20-14-6-4-3-5-7-14/h8-11,14,16H,2-7,12H2,1H3,(H,20,24)(H2,21,22,23,25). The van der Waals surface area contributed by atoms with E-state index in [2.05, 4.69) is 27.9 Å². The van der Waals surface area contributed by atoms with Crippen LogP contribution in [0.25, 0.3) is 0 Å². The molecule has 1 unspecified atom stereocenters. The van der Waals surface area contributed by atoms with Gasteiger partial charge >= 0.3 is 0 Å². The molecule has 2 amide bonds. The molecule has 1 aliphatic carbocycles. The molecule has 0 aromatic heterocycles. The van der Waals surface area contributed by atoms with Gasteiger partial charge in [-0.15, -0.1) is 0 Å². The van der Waals surface area contributed by atoms with Gasteiger partial charge in [0, 0.05) is 11.7 Å². The van der Waals surface area contributed by atoms with Gasteiger partial charge in [0.25, 0.3) is 5.91 Å². The van der Waals surface area contributed by atoms with E-state index < -0.39 is 6.04 Å². The second-order valence-electron chi connectivity index (χ2n) is 6.76. The Balaban J connectivity index is 1.53. The lowest BCUT2D eigenvalue weighted by molar-refractivity contribution is -0.126. The molecule has 0 bridgehead atoms. The number of aliphatic imine (C=N–C) groups is 1. The van der Waals surface area contributed by atoms with Crippen molar-refractivity contribution in [1.82, 2.24) is 10.6 Å². The van der Waals surface area contributed by atoms with E-state index in [0.717, 1.165) is 37.8 Å². The van der Waals surface area contributed by atoms with Crippen LogP contribution >= 0.6 is 0 Å². The zero-order valence-corrected chi connectivity index (χ0v) is 14.7. The molecule has 2 aliphatic rings. The number of hydrogen-bond acceptors (Lipinski definition) is 4. The molecule has 1 atom stereocenters. The van der Waals surface area contributed by atoms with Crippen molar-refractivity contribution < 1.29 is 9.59 Å². The van der Waals surface area contributed by atoms with E-state index in [-0.39, 0.29) is 24.3 Å². The number of anilines is 1. The molecule has 3 rings (SSSR count). The highest BCUT2D eigenvalue weighted by Gasteiger charge is 2.29. The van der Waals surface area contributed by atoms with Crippen molar-refractivity contribution in [3.05, 3.63) is 29.8 Å². The Hall–Kier alpha value is -2.37. The summed E-state index contributed by atoms with van der Waals surface area (Å²) >= 11 is 0. The van der Waals surface area contributed by atoms with E-state index in [0.29, 0.717) is 5.96 Å². The number of aryl methyl sites for hydroxylation is 1. The third-order valence-electron chi connectivity index (χ3n) is 4.80. The van der Waals surface area contributed by atoms with Crippen LogP contribution in [0, 0.1) is 0 Å². The Bertz CT molecular complexity index is 648. The highest BCUT2D eigenvalue weighted by molar-refractivity contribution is 6.11. The fraction of sp³-hybridized carbons (Fsp3) is 0.526. The van der Waals surface area contributed by atoms with Crippen LogP contribution in [0.15, 0.2) is 29.3 Å². The number of amides is 2. The smallest absolute Gasteiger partial charge is 0.252 e. The summed E-state index contributed by atoms with van der Waals surface area (Å²) in [6.07, 6.45) is 6.73. The average molecular weight is 342 g/mol. The first kappa shape index (κ1) is 17.5. The molecule has 0 spiro atoms. The van der Waals surface area contributed by atoms with Crippen molar-refractivity contribution in [2.75, 3.05) is 5.32 Å². The van der Waals surface area contributed by atoms with Crippen molar-refractivity contribution in [1.29, 1.82) is 0 Å². The maximum absolute atomic E-state index is 12.2. The van der Waals surface area contributed by atoms with Gasteiger partial charge in [0.15, 0.2) is 0 Å². The molecular weight excluding hydrogens is 316 g/mol. The summed E-state index contributed by atoms with van der Waals surface area (Å²) in [5.74, 6) is 0.0838. The minimum Gasteiger partial charge on any atom is -0.353 e. The SMILES string of the molecule is CCc1ccc(NC2=NC(CC(=O)NC3CCCCC3)C(=O)N2)cc1. The van der Waals surface area contributed by atoms with Gasteiger partial charge in [0.1, 0.15) is 6.04 Å². The lowest BCUT2D eigenvalue weighted by Gasteiger charge is -2.22. The van der Waals surface area contributed by atoms with Crippen molar-refractivity contribution in [2.45, 2.75) is 64.0 Å². The fourth-order valence-corrected chi connectivity index (χ4v) is 3.32. The van der Waals surface area contributed by atoms with Crippen LogP contribution in [0.4, 0.5) is 5.69 Å².